The third kappa shape index (κ3) is 4.79. The van der Waals surface area contributed by atoms with Gasteiger partial charge in [0, 0.05) is 23.3 Å². The highest BCUT2D eigenvalue weighted by molar-refractivity contribution is 6.52. The van der Waals surface area contributed by atoms with E-state index >= 15 is 0 Å². The number of pyridine rings is 1. The minimum absolute atomic E-state index is 0.360. The van der Waals surface area contributed by atoms with Gasteiger partial charge in [0.2, 0.25) is 0 Å². The number of allylic oxidation sites excluding steroid dienone is 4. The Bertz CT molecular complexity index is 2280. The Labute approximate surface area is 261 Å². The van der Waals surface area contributed by atoms with Gasteiger partial charge in [-0.15, -0.1) is 0 Å². The van der Waals surface area contributed by atoms with Crippen molar-refractivity contribution < 1.29 is 0 Å². The molecule has 212 valence electrons. The molecule has 1 heterocycles. The van der Waals surface area contributed by atoms with E-state index in [2.05, 4.69) is 131 Å². The van der Waals surface area contributed by atoms with Crippen LogP contribution in [0.15, 0.2) is 163 Å². The molecule has 0 bridgehead atoms. The number of aromatic nitrogens is 1. The number of hydrazone groups is 1. The molecule has 2 N–H and O–H groups in total. The summed E-state index contributed by atoms with van der Waals surface area (Å²) in [6, 6.07) is 44.2. The highest BCUT2D eigenvalue weighted by Crippen LogP contribution is 2.42. The molecular weight excluding hydrogens is 548 g/mol. The van der Waals surface area contributed by atoms with E-state index in [-0.39, 0.29) is 0 Å². The second-order valence-corrected chi connectivity index (χ2v) is 11.1. The zero-order valence-corrected chi connectivity index (χ0v) is 24.4. The smallest absolute Gasteiger partial charge is 0.108 e. The van der Waals surface area contributed by atoms with Crippen LogP contribution in [0.4, 0.5) is 5.69 Å². The van der Waals surface area contributed by atoms with Gasteiger partial charge in [-0.1, -0.05) is 121 Å². The molecule has 4 heteroatoms. The fourth-order valence-electron chi connectivity index (χ4n) is 6.34. The molecule has 0 unspecified atom stereocenters. The minimum Gasteiger partial charge on any atom is -0.299 e. The molecule has 1 aliphatic carbocycles. The van der Waals surface area contributed by atoms with Crippen molar-refractivity contribution in [3.05, 3.63) is 164 Å². The van der Waals surface area contributed by atoms with Gasteiger partial charge in [-0.3, -0.25) is 15.8 Å². The van der Waals surface area contributed by atoms with Crippen LogP contribution in [0.1, 0.15) is 5.56 Å². The highest BCUT2D eigenvalue weighted by Gasteiger charge is 2.19. The van der Waals surface area contributed by atoms with Gasteiger partial charge in [0.05, 0.1) is 11.4 Å². The Morgan fingerprint density at radius 2 is 1.13 bits per heavy atom. The van der Waals surface area contributed by atoms with Gasteiger partial charge in [0.15, 0.2) is 0 Å². The second kappa shape index (κ2) is 11.2. The molecule has 0 aliphatic heterocycles. The summed E-state index contributed by atoms with van der Waals surface area (Å²) >= 11 is 0. The van der Waals surface area contributed by atoms with E-state index in [0.717, 1.165) is 33.3 Å². The Morgan fingerprint density at radius 1 is 0.533 bits per heavy atom. The van der Waals surface area contributed by atoms with Crippen LogP contribution < -0.4 is 5.43 Å². The molecule has 7 aromatic rings. The van der Waals surface area contributed by atoms with Crippen LogP contribution in [-0.4, -0.2) is 16.4 Å². The van der Waals surface area contributed by atoms with E-state index in [1.807, 2.05) is 42.7 Å². The van der Waals surface area contributed by atoms with E-state index in [1.165, 1.54) is 38.1 Å². The first-order chi connectivity index (χ1) is 22.2. The average Bonchev–Trinajstić information content (AvgIpc) is 3.10. The lowest BCUT2D eigenvalue weighted by atomic mass is 9.84. The number of hydrogen-bond acceptors (Lipinski definition) is 4. The Balaban J connectivity index is 1.11. The molecule has 45 heavy (non-hydrogen) atoms. The van der Waals surface area contributed by atoms with Gasteiger partial charge in [-0.25, -0.2) is 0 Å². The number of rotatable bonds is 5. The third-order valence-electron chi connectivity index (χ3n) is 8.45. The summed E-state index contributed by atoms with van der Waals surface area (Å²) in [4.78, 5) is 4.42. The fraction of sp³-hybridized carbons (Fsp3) is 0. The van der Waals surface area contributed by atoms with Gasteiger partial charge in [0.1, 0.15) is 5.71 Å². The van der Waals surface area contributed by atoms with Crippen LogP contribution in [-0.2, 0) is 0 Å². The van der Waals surface area contributed by atoms with Crippen molar-refractivity contribution in [1.82, 2.24) is 4.98 Å². The Hall–Kier alpha value is -6.13. The molecule has 0 radical (unpaired) electrons. The lowest BCUT2D eigenvalue weighted by Gasteiger charge is -2.19. The predicted octanol–water partition coefficient (Wildman–Crippen LogP) is 10.3. The summed E-state index contributed by atoms with van der Waals surface area (Å²) in [5, 5.41) is 20.5. The summed E-state index contributed by atoms with van der Waals surface area (Å²) in [5.74, 6) is 0. The van der Waals surface area contributed by atoms with Gasteiger partial charge in [-0.2, -0.15) is 5.10 Å². The monoisotopic (exact) mass is 576 g/mol. The highest BCUT2D eigenvalue weighted by atomic mass is 15.3. The molecule has 0 amide bonds. The van der Waals surface area contributed by atoms with Crippen molar-refractivity contribution in [2.45, 2.75) is 0 Å². The van der Waals surface area contributed by atoms with Crippen LogP contribution in [0.25, 0.3) is 60.1 Å². The first-order valence-corrected chi connectivity index (χ1v) is 15.0. The summed E-state index contributed by atoms with van der Waals surface area (Å²) in [5.41, 5.74) is 11.7. The molecule has 0 saturated carbocycles. The number of nitrogens with zero attached hydrogens (tertiary/aromatic N) is 2. The first kappa shape index (κ1) is 26.5. The van der Waals surface area contributed by atoms with Crippen molar-refractivity contribution in [1.29, 1.82) is 5.41 Å². The van der Waals surface area contributed by atoms with E-state index in [1.54, 1.807) is 0 Å². The van der Waals surface area contributed by atoms with Crippen molar-refractivity contribution in [3.8, 4) is 22.3 Å². The molecule has 0 atom stereocenters. The molecule has 8 rings (SSSR count). The van der Waals surface area contributed by atoms with Gasteiger partial charge in [-0.05, 0) is 79.0 Å². The van der Waals surface area contributed by atoms with Crippen molar-refractivity contribution in [2.75, 3.05) is 5.43 Å². The summed E-state index contributed by atoms with van der Waals surface area (Å²) in [6.07, 6.45) is 9.72. The topological polar surface area (TPSA) is 61.1 Å². The zero-order valence-electron chi connectivity index (χ0n) is 24.4. The number of nitrogens with one attached hydrogen (secondary N) is 2. The van der Waals surface area contributed by atoms with Crippen LogP contribution in [0.5, 0.6) is 0 Å². The van der Waals surface area contributed by atoms with Crippen molar-refractivity contribution >= 4 is 55.0 Å². The minimum atomic E-state index is 0.360. The Kier molecular flexibility index (Phi) is 6.58. The van der Waals surface area contributed by atoms with Gasteiger partial charge in [0.25, 0.3) is 0 Å². The lowest BCUT2D eigenvalue weighted by molar-refractivity contribution is 1.34. The molecule has 0 fully saturated rings. The molecule has 1 aliphatic rings. The normalized spacial score (nSPS) is 13.9. The first-order valence-electron chi connectivity index (χ1n) is 15.0. The average molecular weight is 577 g/mol. The van der Waals surface area contributed by atoms with E-state index in [0.29, 0.717) is 11.4 Å². The summed E-state index contributed by atoms with van der Waals surface area (Å²) in [7, 11) is 0. The molecule has 4 nitrogen and oxygen atoms in total. The third-order valence-corrected chi connectivity index (χ3v) is 8.45. The van der Waals surface area contributed by atoms with E-state index in [4.69, 9.17) is 5.41 Å². The van der Waals surface area contributed by atoms with Gasteiger partial charge >= 0.3 is 0 Å². The van der Waals surface area contributed by atoms with E-state index in [9.17, 15) is 0 Å². The summed E-state index contributed by atoms with van der Waals surface area (Å²) < 4.78 is 0. The van der Waals surface area contributed by atoms with Gasteiger partial charge < -0.3 is 0 Å². The molecule has 0 saturated heterocycles. The molecular formula is C41H28N4. The standard InChI is InChI=1S/C41H28N4/c42-38-24-29(41-35-16-8-6-14-33(35)40(28-10-2-1-3-11-28)34-15-7-9-17-36(34)41)20-23-39(38)45-44-31-21-18-27(19-22-31)37-26-43-25-30-12-4-5-13-32(30)37/h1-26,42,44H/b42-38?,45-39-. The maximum Gasteiger partial charge on any atom is 0.108 e. The van der Waals surface area contributed by atoms with Crippen molar-refractivity contribution in [2.24, 2.45) is 5.10 Å². The molecule has 6 aromatic carbocycles. The maximum atomic E-state index is 8.90. The SMILES string of the molecule is N=C1C=C(c2c3ccccc3c(-c3ccccc3)c3ccccc23)C=C/C1=N/Nc1ccc(-c2cncc3ccccc23)cc1. The van der Waals surface area contributed by atoms with Crippen LogP contribution >= 0.6 is 0 Å². The maximum absolute atomic E-state index is 8.90. The number of benzene rings is 6. The fourth-order valence-corrected chi connectivity index (χ4v) is 6.34. The largest absolute Gasteiger partial charge is 0.299 e. The van der Waals surface area contributed by atoms with E-state index < -0.39 is 0 Å². The number of fused-ring (bicyclic) bond motifs is 3. The zero-order chi connectivity index (χ0) is 30.2. The molecule has 1 aromatic heterocycles. The predicted molar refractivity (Wildman–Crippen MR) is 190 cm³/mol. The van der Waals surface area contributed by atoms with Crippen LogP contribution in [0.3, 0.4) is 0 Å². The van der Waals surface area contributed by atoms with Crippen molar-refractivity contribution in [3.63, 3.8) is 0 Å². The second-order valence-electron chi connectivity index (χ2n) is 11.1. The number of hydrogen-bond donors (Lipinski definition) is 2. The quantitative estimate of drug-likeness (QED) is 0.122. The Morgan fingerprint density at radius 3 is 1.80 bits per heavy atom. The lowest BCUT2D eigenvalue weighted by Crippen LogP contribution is -2.13. The molecule has 0 spiro atoms. The summed E-state index contributed by atoms with van der Waals surface area (Å²) in [6.45, 7) is 0. The number of anilines is 1. The van der Waals surface area contributed by atoms with Crippen LogP contribution in [0.2, 0.25) is 0 Å². The van der Waals surface area contributed by atoms with Crippen LogP contribution in [0, 0.1) is 5.41 Å².